The molecular formula is C15H28N4O. The average molecular weight is 280 g/mol. The van der Waals surface area contributed by atoms with Gasteiger partial charge in [0.05, 0.1) is 6.10 Å². The third-order valence-electron chi connectivity index (χ3n) is 2.66. The third kappa shape index (κ3) is 6.19. The minimum atomic E-state index is 0.113. The van der Waals surface area contributed by atoms with Crippen molar-refractivity contribution in [2.45, 2.75) is 40.7 Å². The fraction of sp³-hybridized carbons (Fsp3) is 0.733. The van der Waals surface area contributed by atoms with Crippen molar-refractivity contribution in [3.8, 4) is 5.88 Å². The van der Waals surface area contributed by atoms with E-state index in [1.54, 1.807) is 0 Å². The number of nitrogens with one attached hydrogen (secondary N) is 1. The van der Waals surface area contributed by atoms with Gasteiger partial charge in [-0.1, -0.05) is 13.8 Å². The first-order chi connectivity index (χ1) is 9.18. The summed E-state index contributed by atoms with van der Waals surface area (Å²) in [7, 11) is 4.17. The minimum Gasteiger partial charge on any atom is -0.475 e. The molecule has 0 bridgehead atoms. The number of hydrogen-bond acceptors (Lipinski definition) is 5. The average Bonchev–Trinajstić information content (AvgIpc) is 2.23. The van der Waals surface area contributed by atoms with E-state index in [0.29, 0.717) is 11.8 Å². The highest BCUT2D eigenvalue weighted by molar-refractivity contribution is 5.31. The fourth-order valence-corrected chi connectivity index (χ4v) is 2.15. The molecule has 0 saturated carbocycles. The highest BCUT2D eigenvalue weighted by Gasteiger charge is 2.19. The van der Waals surface area contributed by atoms with Gasteiger partial charge in [-0.05, 0) is 40.3 Å². The summed E-state index contributed by atoms with van der Waals surface area (Å²) < 4.78 is 5.63. The summed E-state index contributed by atoms with van der Waals surface area (Å²) in [5, 5.41) is 3.32. The second kappa shape index (κ2) is 6.88. The molecular weight excluding hydrogens is 252 g/mol. The maximum Gasteiger partial charge on any atom is 0.226 e. The molecule has 0 aliphatic carbocycles. The lowest BCUT2D eigenvalue weighted by Gasteiger charge is -2.28. The van der Waals surface area contributed by atoms with Gasteiger partial charge in [-0.3, -0.25) is 0 Å². The van der Waals surface area contributed by atoms with Gasteiger partial charge in [-0.25, -0.2) is 4.98 Å². The van der Waals surface area contributed by atoms with Crippen LogP contribution >= 0.6 is 0 Å². The lowest BCUT2D eigenvalue weighted by Crippen LogP contribution is -2.34. The van der Waals surface area contributed by atoms with Crippen LogP contribution in [0.25, 0.3) is 0 Å². The van der Waals surface area contributed by atoms with Gasteiger partial charge in [0.2, 0.25) is 11.8 Å². The van der Waals surface area contributed by atoms with E-state index in [1.807, 2.05) is 26.8 Å². The molecule has 0 unspecified atom stereocenters. The zero-order valence-corrected chi connectivity index (χ0v) is 13.8. The summed E-state index contributed by atoms with van der Waals surface area (Å²) in [5.74, 6) is 1.26. The summed E-state index contributed by atoms with van der Waals surface area (Å²) >= 11 is 0. The number of hydrogen-bond donors (Lipinski definition) is 1. The van der Waals surface area contributed by atoms with Gasteiger partial charge < -0.3 is 15.0 Å². The van der Waals surface area contributed by atoms with Crippen molar-refractivity contribution in [3.63, 3.8) is 0 Å². The molecule has 20 heavy (non-hydrogen) atoms. The van der Waals surface area contributed by atoms with Crippen molar-refractivity contribution in [2.75, 3.05) is 32.5 Å². The molecule has 114 valence electrons. The quantitative estimate of drug-likeness (QED) is 0.832. The molecule has 0 atom stereocenters. The maximum atomic E-state index is 5.63. The Balaban J connectivity index is 2.70. The van der Waals surface area contributed by atoms with E-state index in [2.05, 4.69) is 48.1 Å². The molecule has 0 amide bonds. The Kier molecular flexibility index (Phi) is 5.74. The van der Waals surface area contributed by atoms with Gasteiger partial charge in [-0.15, -0.1) is 0 Å². The van der Waals surface area contributed by atoms with Crippen LogP contribution in [0.4, 0.5) is 5.95 Å². The zero-order chi connectivity index (χ0) is 15.3. The number of aryl methyl sites for hydroxylation is 1. The van der Waals surface area contributed by atoms with Crippen molar-refractivity contribution in [1.29, 1.82) is 0 Å². The summed E-state index contributed by atoms with van der Waals surface area (Å²) in [5.41, 5.74) is 1.05. The molecule has 0 radical (unpaired) electrons. The van der Waals surface area contributed by atoms with Crippen LogP contribution in [0.15, 0.2) is 6.07 Å². The van der Waals surface area contributed by atoms with E-state index in [9.17, 15) is 0 Å². The van der Waals surface area contributed by atoms with Gasteiger partial charge >= 0.3 is 0 Å². The van der Waals surface area contributed by atoms with Crippen molar-refractivity contribution in [2.24, 2.45) is 5.41 Å². The normalized spacial score (nSPS) is 12.1. The monoisotopic (exact) mass is 280 g/mol. The topological polar surface area (TPSA) is 50.3 Å². The van der Waals surface area contributed by atoms with E-state index < -0.39 is 0 Å². The van der Waals surface area contributed by atoms with E-state index >= 15 is 0 Å². The predicted octanol–water partition coefficient (Wildman–Crippen LogP) is 2.57. The minimum absolute atomic E-state index is 0.113. The van der Waals surface area contributed by atoms with Crippen molar-refractivity contribution in [3.05, 3.63) is 11.8 Å². The van der Waals surface area contributed by atoms with Crippen LogP contribution in [0, 0.1) is 12.3 Å². The van der Waals surface area contributed by atoms with Crippen LogP contribution in [-0.2, 0) is 0 Å². The van der Waals surface area contributed by atoms with Gasteiger partial charge in [0.25, 0.3) is 0 Å². The molecule has 1 aromatic rings. The summed E-state index contributed by atoms with van der Waals surface area (Å²) in [4.78, 5) is 11.0. The second-order valence-electron chi connectivity index (χ2n) is 6.59. The summed E-state index contributed by atoms with van der Waals surface area (Å²) in [6.07, 6.45) is 0.113. The SMILES string of the molecule is Cc1cc(OC(C)C)nc(NCC(C)(C)CN(C)C)n1. The lowest BCUT2D eigenvalue weighted by molar-refractivity contribution is 0.232. The Morgan fingerprint density at radius 3 is 2.50 bits per heavy atom. The molecule has 5 heteroatoms. The Morgan fingerprint density at radius 1 is 1.30 bits per heavy atom. The molecule has 0 saturated heterocycles. The van der Waals surface area contributed by atoms with Gasteiger partial charge in [-0.2, -0.15) is 4.98 Å². The van der Waals surface area contributed by atoms with Crippen LogP contribution in [0.5, 0.6) is 5.88 Å². The van der Waals surface area contributed by atoms with Crippen LogP contribution in [0.2, 0.25) is 0 Å². The van der Waals surface area contributed by atoms with Crippen molar-refractivity contribution < 1.29 is 4.74 Å². The number of ether oxygens (including phenoxy) is 1. The third-order valence-corrected chi connectivity index (χ3v) is 2.66. The van der Waals surface area contributed by atoms with Crippen LogP contribution in [0.3, 0.4) is 0 Å². The van der Waals surface area contributed by atoms with Gasteiger partial charge in [0.1, 0.15) is 0 Å². The van der Waals surface area contributed by atoms with Crippen LogP contribution in [0.1, 0.15) is 33.4 Å². The van der Waals surface area contributed by atoms with Gasteiger partial charge in [0.15, 0.2) is 0 Å². The first-order valence-corrected chi connectivity index (χ1v) is 7.09. The number of anilines is 1. The van der Waals surface area contributed by atoms with Crippen LogP contribution in [-0.4, -0.2) is 48.2 Å². The predicted molar refractivity (Wildman–Crippen MR) is 83.4 cm³/mol. The Hall–Kier alpha value is -1.36. The molecule has 1 aromatic heterocycles. The first kappa shape index (κ1) is 16.7. The molecule has 0 fully saturated rings. The van der Waals surface area contributed by atoms with E-state index in [0.717, 1.165) is 18.8 Å². The maximum absolute atomic E-state index is 5.63. The molecule has 1 rings (SSSR count). The molecule has 0 aromatic carbocycles. The number of rotatable bonds is 7. The Bertz CT molecular complexity index is 430. The Labute approximate surface area is 122 Å². The highest BCUT2D eigenvalue weighted by atomic mass is 16.5. The molecule has 1 heterocycles. The van der Waals surface area contributed by atoms with E-state index in [1.165, 1.54) is 0 Å². The van der Waals surface area contributed by atoms with E-state index in [-0.39, 0.29) is 11.5 Å². The Morgan fingerprint density at radius 2 is 1.95 bits per heavy atom. The highest BCUT2D eigenvalue weighted by Crippen LogP contribution is 2.18. The molecule has 0 aliphatic heterocycles. The molecule has 0 aliphatic rings. The summed E-state index contributed by atoms with van der Waals surface area (Å²) in [6.45, 7) is 12.2. The zero-order valence-electron chi connectivity index (χ0n) is 13.8. The summed E-state index contributed by atoms with van der Waals surface area (Å²) in [6, 6.07) is 1.86. The lowest BCUT2D eigenvalue weighted by atomic mass is 9.93. The smallest absolute Gasteiger partial charge is 0.226 e. The number of aromatic nitrogens is 2. The molecule has 1 N–H and O–H groups in total. The molecule has 0 spiro atoms. The standard InChI is InChI=1S/C15H28N4O/c1-11(2)20-13-8-12(3)17-14(18-13)16-9-15(4,5)10-19(6)7/h8,11H,9-10H2,1-7H3,(H,16,17,18). The van der Waals surface area contributed by atoms with Crippen molar-refractivity contribution in [1.82, 2.24) is 14.9 Å². The van der Waals surface area contributed by atoms with Crippen molar-refractivity contribution >= 4 is 5.95 Å². The van der Waals surface area contributed by atoms with Gasteiger partial charge in [0, 0.05) is 24.8 Å². The largest absolute Gasteiger partial charge is 0.475 e. The first-order valence-electron chi connectivity index (χ1n) is 7.09. The second-order valence-corrected chi connectivity index (χ2v) is 6.59. The number of nitrogens with zero attached hydrogens (tertiary/aromatic N) is 3. The molecule has 5 nitrogen and oxygen atoms in total. The van der Waals surface area contributed by atoms with E-state index in [4.69, 9.17) is 4.74 Å². The fourth-order valence-electron chi connectivity index (χ4n) is 2.15. The van der Waals surface area contributed by atoms with Crippen LogP contribution < -0.4 is 10.1 Å².